The van der Waals surface area contributed by atoms with E-state index in [2.05, 4.69) is 20.2 Å². The third-order valence-electron chi connectivity index (χ3n) is 4.04. The van der Waals surface area contributed by atoms with E-state index in [9.17, 15) is 12.8 Å². The molecule has 10 heteroatoms. The SMILES string of the molecule is Cc1nnnn1-c1ccc(F)c(NS(=O)(=O)c2ccc3c(c2)CCO3)c1. The molecule has 0 saturated heterocycles. The van der Waals surface area contributed by atoms with Crippen molar-refractivity contribution in [2.75, 3.05) is 11.3 Å². The molecule has 8 nitrogen and oxygen atoms in total. The van der Waals surface area contributed by atoms with Crippen LogP contribution in [0.1, 0.15) is 11.4 Å². The molecule has 0 unspecified atom stereocenters. The van der Waals surface area contributed by atoms with E-state index >= 15 is 0 Å². The highest BCUT2D eigenvalue weighted by Gasteiger charge is 2.21. The minimum atomic E-state index is -3.96. The molecule has 134 valence electrons. The van der Waals surface area contributed by atoms with Gasteiger partial charge in [-0.2, -0.15) is 4.68 Å². The van der Waals surface area contributed by atoms with Gasteiger partial charge in [-0.3, -0.25) is 4.72 Å². The van der Waals surface area contributed by atoms with E-state index in [0.717, 1.165) is 11.6 Å². The number of tetrazole rings is 1. The number of aromatic nitrogens is 4. The average molecular weight is 375 g/mol. The molecule has 0 aliphatic carbocycles. The van der Waals surface area contributed by atoms with Crippen molar-refractivity contribution < 1.29 is 17.5 Å². The molecule has 1 N–H and O–H groups in total. The molecule has 1 aliphatic heterocycles. The van der Waals surface area contributed by atoms with Crippen LogP contribution >= 0.6 is 0 Å². The molecule has 3 aromatic rings. The lowest BCUT2D eigenvalue weighted by atomic mass is 10.2. The van der Waals surface area contributed by atoms with Gasteiger partial charge < -0.3 is 4.74 Å². The second-order valence-electron chi connectivity index (χ2n) is 5.78. The van der Waals surface area contributed by atoms with Crippen molar-refractivity contribution in [1.29, 1.82) is 0 Å². The van der Waals surface area contributed by atoms with Gasteiger partial charge in [-0.25, -0.2) is 12.8 Å². The van der Waals surface area contributed by atoms with Gasteiger partial charge >= 0.3 is 0 Å². The Labute approximate surface area is 148 Å². The fraction of sp³-hybridized carbons (Fsp3) is 0.188. The standard InChI is InChI=1S/C16H14FN5O3S/c1-10-18-20-21-22(10)12-2-4-14(17)15(9-12)19-26(23,24)13-3-5-16-11(8-13)6-7-25-16/h2-5,8-9,19H,6-7H2,1H3. The van der Waals surface area contributed by atoms with E-state index < -0.39 is 15.8 Å². The van der Waals surface area contributed by atoms with Crippen molar-refractivity contribution in [3.63, 3.8) is 0 Å². The van der Waals surface area contributed by atoms with Crippen LogP contribution < -0.4 is 9.46 Å². The van der Waals surface area contributed by atoms with E-state index in [4.69, 9.17) is 4.74 Å². The van der Waals surface area contributed by atoms with Crippen molar-refractivity contribution >= 4 is 15.7 Å². The summed E-state index contributed by atoms with van der Waals surface area (Å²) in [6.07, 6.45) is 0.640. The monoisotopic (exact) mass is 375 g/mol. The molecular weight excluding hydrogens is 361 g/mol. The van der Waals surface area contributed by atoms with Gasteiger partial charge in [-0.1, -0.05) is 0 Å². The summed E-state index contributed by atoms with van der Waals surface area (Å²) >= 11 is 0. The molecule has 1 aromatic heterocycles. The second kappa shape index (κ2) is 6.06. The van der Waals surface area contributed by atoms with Gasteiger partial charge in [0.15, 0.2) is 5.82 Å². The maximum atomic E-state index is 14.2. The topological polar surface area (TPSA) is 99.0 Å². The van der Waals surface area contributed by atoms with Gasteiger partial charge in [0.1, 0.15) is 11.6 Å². The highest BCUT2D eigenvalue weighted by molar-refractivity contribution is 7.92. The molecule has 0 spiro atoms. The minimum Gasteiger partial charge on any atom is -0.493 e. The van der Waals surface area contributed by atoms with Crippen LogP contribution in [-0.2, 0) is 16.4 Å². The Morgan fingerprint density at radius 3 is 2.85 bits per heavy atom. The Morgan fingerprint density at radius 2 is 2.08 bits per heavy atom. The molecule has 0 bridgehead atoms. The number of sulfonamides is 1. The van der Waals surface area contributed by atoms with E-state index in [0.29, 0.717) is 30.3 Å². The Balaban J connectivity index is 1.69. The van der Waals surface area contributed by atoms with Gasteiger partial charge in [-0.15, -0.1) is 5.10 Å². The minimum absolute atomic E-state index is 0.0464. The molecule has 1 aliphatic rings. The summed E-state index contributed by atoms with van der Waals surface area (Å²) in [5, 5.41) is 11.1. The zero-order chi connectivity index (χ0) is 18.3. The summed E-state index contributed by atoms with van der Waals surface area (Å²) in [5.74, 6) is 0.461. The van der Waals surface area contributed by atoms with Gasteiger partial charge in [0.2, 0.25) is 0 Å². The lowest BCUT2D eigenvalue weighted by Crippen LogP contribution is -2.14. The van der Waals surface area contributed by atoms with Crippen LogP contribution in [0.5, 0.6) is 5.75 Å². The molecule has 2 aromatic carbocycles. The maximum absolute atomic E-state index is 14.2. The molecule has 0 saturated carbocycles. The predicted molar refractivity (Wildman–Crippen MR) is 90.3 cm³/mol. The summed E-state index contributed by atoms with van der Waals surface area (Å²) in [7, 11) is -3.96. The van der Waals surface area contributed by atoms with Crippen molar-refractivity contribution in [3.05, 3.63) is 53.6 Å². The van der Waals surface area contributed by atoms with Crippen LogP contribution in [0.2, 0.25) is 0 Å². The maximum Gasteiger partial charge on any atom is 0.262 e. The first-order valence-electron chi connectivity index (χ1n) is 7.77. The predicted octanol–water partition coefficient (Wildman–Crippen LogP) is 1.85. The fourth-order valence-electron chi connectivity index (χ4n) is 2.73. The van der Waals surface area contributed by atoms with E-state index in [1.165, 1.54) is 28.9 Å². The first-order chi connectivity index (χ1) is 12.4. The zero-order valence-electron chi connectivity index (χ0n) is 13.7. The molecule has 4 rings (SSSR count). The highest BCUT2D eigenvalue weighted by atomic mass is 32.2. The summed E-state index contributed by atoms with van der Waals surface area (Å²) < 4.78 is 48.5. The summed E-state index contributed by atoms with van der Waals surface area (Å²) in [6.45, 7) is 2.20. The third kappa shape index (κ3) is 2.88. The Bertz CT molecular complexity index is 1100. The average Bonchev–Trinajstić information content (AvgIpc) is 3.24. The summed E-state index contributed by atoms with van der Waals surface area (Å²) in [4.78, 5) is 0.0464. The summed E-state index contributed by atoms with van der Waals surface area (Å²) in [6, 6.07) is 8.53. The van der Waals surface area contributed by atoms with Crippen LogP contribution in [0.3, 0.4) is 0 Å². The third-order valence-corrected chi connectivity index (χ3v) is 5.40. The van der Waals surface area contributed by atoms with Gasteiger partial charge in [0, 0.05) is 6.42 Å². The molecule has 0 atom stereocenters. The lowest BCUT2D eigenvalue weighted by molar-refractivity contribution is 0.356. The lowest BCUT2D eigenvalue weighted by Gasteiger charge is -2.11. The number of nitrogens with zero attached hydrogens (tertiary/aromatic N) is 4. The van der Waals surface area contributed by atoms with E-state index in [-0.39, 0.29) is 10.6 Å². The number of rotatable bonds is 4. The summed E-state index contributed by atoms with van der Waals surface area (Å²) in [5.41, 5.74) is 1.06. The van der Waals surface area contributed by atoms with E-state index in [1.54, 1.807) is 13.0 Å². The van der Waals surface area contributed by atoms with Crippen LogP contribution in [0.25, 0.3) is 5.69 Å². The zero-order valence-corrected chi connectivity index (χ0v) is 14.5. The second-order valence-corrected chi connectivity index (χ2v) is 7.46. The number of halogens is 1. The van der Waals surface area contributed by atoms with Gasteiger partial charge in [0.25, 0.3) is 10.0 Å². The number of benzene rings is 2. The first kappa shape index (κ1) is 16.5. The van der Waals surface area contributed by atoms with Crippen LogP contribution in [0, 0.1) is 12.7 Å². The van der Waals surface area contributed by atoms with Crippen molar-refractivity contribution in [3.8, 4) is 11.4 Å². The van der Waals surface area contributed by atoms with Crippen molar-refractivity contribution in [1.82, 2.24) is 20.2 Å². The molecule has 0 fully saturated rings. The molecule has 0 amide bonds. The highest BCUT2D eigenvalue weighted by Crippen LogP contribution is 2.29. The molecule has 2 heterocycles. The molecule has 0 radical (unpaired) electrons. The number of fused-ring (bicyclic) bond motifs is 1. The van der Waals surface area contributed by atoms with Gasteiger partial charge in [0.05, 0.1) is 22.9 Å². The fourth-order valence-corrected chi connectivity index (χ4v) is 3.84. The number of anilines is 1. The Kier molecular flexibility index (Phi) is 3.83. The Morgan fingerprint density at radius 1 is 1.23 bits per heavy atom. The Hall–Kier alpha value is -3.01. The first-order valence-corrected chi connectivity index (χ1v) is 9.26. The van der Waals surface area contributed by atoms with E-state index in [1.807, 2.05) is 0 Å². The van der Waals surface area contributed by atoms with Crippen molar-refractivity contribution in [2.45, 2.75) is 18.2 Å². The number of nitrogens with one attached hydrogen (secondary N) is 1. The number of ether oxygens (including phenoxy) is 1. The smallest absolute Gasteiger partial charge is 0.262 e. The molecular formula is C16H14FN5O3S. The normalized spacial score (nSPS) is 13.3. The van der Waals surface area contributed by atoms with Crippen LogP contribution in [-0.4, -0.2) is 35.2 Å². The number of hydrogen-bond donors (Lipinski definition) is 1. The van der Waals surface area contributed by atoms with Crippen LogP contribution in [0.4, 0.5) is 10.1 Å². The number of aryl methyl sites for hydroxylation is 1. The van der Waals surface area contributed by atoms with Crippen molar-refractivity contribution in [2.24, 2.45) is 0 Å². The number of hydrogen-bond acceptors (Lipinski definition) is 6. The molecule has 26 heavy (non-hydrogen) atoms. The van der Waals surface area contributed by atoms with Gasteiger partial charge in [-0.05, 0) is 59.3 Å². The largest absolute Gasteiger partial charge is 0.493 e. The van der Waals surface area contributed by atoms with Crippen LogP contribution in [0.15, 0.2) is 41.3 Å². The quantitative estimate of drug-likeness (QED) is 0.747.